The average Bonchev–Trinajstić information content (AvgIpc) is 3.15. The molecule has 0 fully saturated rings. The van der Waals surface area contributed by atoms with Crippen LogP contribution in [0.5, 0.6) is 0 Å². The summed E-state index contributed by atoms with van der Waals surface area (Å²) in [5.41, 5.74) is 15.5. The van der Waals surface area contributed by atoms with Crippen LogP contribution in [0, 0.1) is 13.8 Å². The first kappa shape index (κ1) is 26.1. The lowest BCUT2D eigenvalue weighted by Crippen LogP contribution is -2.38. The molecule has 1 aliphatic rings. The summed E-state index contributed by atoms with van der Waals surface area (Å²) in [5.74, 6) is 0. The highest BCUT2D eigenvalue weighted by molar-refractivity contribution is 5.90. The minimum absolute atomic E-state index is 0.0341. The number of para-hydroxylation sites is 1. The zero-order chi connectivity index (χ0) is 28.2. The summed E-state index contributed by atoms with van der Waals surface area (Å²) in [7, 11) is 0. The van der Waals surface area contributed by atoms with Crippen LogP contribution in [0.1, 0.15) is 56.9 Å². The van der Waals surface area contributed by atoms with E-state index in [0.717, 1.165) is 0 Å². The van der Waals surface area contributed by atoms with Crippen molar-refractivity contribution in [1.29, 1.82) is 0 Å². The number of benzene rings is 5. The molecule has 0 spiro atoms. The SMILES string of the molecule is Cc1cc2c(cc1-c1ccccc1N(c1cc(-c3ccccc3)ccc1C)C(C)(C)C)C(C)(C)c1ccccc1-2. The monoisotopic (exact) mass is 521 g/mol. The Morgan fingerprint density at radius 1 is 0.500 bits per heavy atom. The molecule has 1 nitrogen and oxygen atoms in total. The first-order valence-electron chi connectivity index (χ1n) is 14.4. The number of hydrogen-bond donors (Lipinski definition) is 0. The van der Waals surface area contributed by atoms with E-state index in [1.165, 1.54) is 67.0 Å². The maximum absolute atomic E-state index is 2.54. The molecule has 0 heterocycles. The van der Waals surface area contributed by atoms with Gasteiger partial charge < -0.3 is 4.90 Å². The molecule has 0 saturated carbocycles. The fourth-order valence-corrected chi connectivity index (χ4v) is 6.56. The molecule has 1 aliphatic carbocycles. The maximum atomic E-state index is 2.54. The number of anilines is 2. The van der Waals surface area contributed by atoms with E-state index in [2.05, 4.69) is 163 Å². The van der Waals surface area contributed by atoms with Crippen LogP contribution in [0.3, 0.4) is 0 Å². The molecule has 0 aliphatic heterocycles. The van der Waals surface area contributed by atoms with Crippen LogP contribution in [0.25, 0.3) is 33.4 Å². The largest absolute Gasteiger partial charge is 0.335 e. The molecule has 40 heavy (non-hydrogen) atoms. The molecule has 5 aromatic rings. The molecule has 0 aromatic heterocycles. The van der Waals surface area contributed by atoms with Crippen molar-refractivity contribution in [3.8, 4) is 33.4 Å². The Kier molecular flexibility index (Phi) is 6.22. The summed E-state index contributed by atoms with van der Waals surface area (Å²) in [6.45, 7) is 16.2. The molecule has 0 atom stereocenters. The van der Waals surface area contributed by atoms with Crippen LogP contribution in [0.2, 0.25) is 0 Å². The topological polar surface area (TPSA) is 3.24 Å². The van der Waals surface area contributed by atoms with Gasteiger partial charge in [-0.05, 0) is 103 Å². The van der Waals surface area contributed by atoms with Crippen molar-refractivity contribution < 1.29 is 0 Å². The highest BCUT2D eigenvalue weighted by atomic mass is 15.2. The Hall–Kier alpha value is -4.10. The van der Waals surface area contributed by atoms with Crippen molar-refractivity contribution in [3.05, 3.63) is 131 Å². The highest BCUT2D eigenvalue weighted by Gasteiger charge is 2.36. The summed E-state index contributed by atoms with van der Waals surface area (Å²) >= 11 is 0. The van der Waals surface area contributed by atoms with Gasteiger partial charge in [0.2, 0.25) is 0 Å². The molecule has 0 saturated heterocycles. The maximum Gasteiger partial charge on any atom is 0.0495 e. The molecule has 200 valence electrons. The zero-order valence-electron chi connectivity index (χ0n) is 24.8. The van der Waals surface area contributed by atoms with E-state index in [0.29, 0.717) is 0 Å². The Bertz CT molecular complexity index is 1720. The predicted octanol–water partition coefficient (Wildman–Crippen LogP) is 10.9. The molecule has 1 heteroatoms. The van der Waals surface area contributed by atoms with Crippen LogP contribution in [-0.4, -0.2) is 5.54 Å². The standard InChI is InChI=1S/C39H39N/c1-26-21-22-29(28-15-9-8-10-16-28)24-37(26)40(38(3,4)5)36-20-14-12-18-31(36)32-25-35-33(23-27(32)2)30-17-11-13-19-34(30)39(35,6)7/h8-25H,1-7H3. The Labute approximate surface area is 240 Å². The third-order valence-corrected chi connectivity index (χ3v) is 8.59. The van der Waals surface area contributed by atoms with E-state index in [4.69, 9.17) is 0 Å². The lowest BCUT2D eigenvalue weighted by atomic mass is 9.81. The lowest BCUT2D eigenvalue weighted by Gasteiger charge is -2.40. The Morgan fingerprint density at radius 3 is 1.88 bits per heavy atom. The highest BCUT2D eigenvalue weighted by Crippen LogP contribution is 2.51. The van der Waals surface area contributed by atoms with Crippen LogP contribution >= 0.6 is 0 Å². The number of nitrogens with zero attached hydrogens (tertiary/aromatic N) is 1. The molecule has 5 aromatic carbocycles. The van der Waals surface area contributed by atoms with Gasteiger partial charge in [0.25, 0.3) is 0 Å². The number of fused-ring (bicyclic) bond motifs is 3. The van der Waals surface area contributed by atoms with Gasteiger partial charge in [-0.2, -0.15) is 0 Å². The molecular formula is C39H39N. The summed E-state index contributed by atoms with van der Waals surface area (Å²) in [6.07, 6.45) is 0. The molecule has 6 rings (SSSR count). The van der Waals surface area contributed by atoms with E-state index in [-0.39, 0.29) is 11.0 Å². The normalized spacial score (nSPS) is 13.6. The van der Waals surface area contributed by atoms with Gasteiger partial charge in [0, 0.05) is 27.9 Å². The van der Waals surface area contributed by atoms with Gasteiger partial charge in [-0.25, -0.2) is 0 Å². The van der Waals surface area contributed by atoms with Crippen molar-refractivity contribution in [2.75, 3.05) is 4.90 Å². The van der Waals surface area contributed by atoms with Crippen LogP contribution < -0.4 is 4.90 Å². The fourth-order valence-electron chi connectivity index (χ4n) is 6.56. The zero-order valence-corrected chi connectivity index (χ0v) is 24.8. The number of hydrogen-bond acceptors (Lipinski definition) is 1. The average molecular weight is 522 g/mol. The van der Waals surface area contributed by atoms with Gasteiger partial charge in [-0.1, -0.05) is 105 Å². The van der Waals surface area contributed by atoms with Crippen molar-refractivity contribution in [2.24, 2.45) is 0 Å². The quantitative estimate of drug-likeness (QED) is 0.227. The van der Waals surface area contributed by atoms with Gasteiger partial charge in [-0.3, -0.25) is 0 Å². The lowest BCUT2D eigenvalue weighted by molar-refractivity contribution is 0.560. The van der Waals surface area contributed by atoms with E-state index >= 15 is 0 Å². The summed E-state index contributed by atoms with van der Waals surface area (Å²) < 4.78 is 0. The Morgan fingerprint density at radius 2 is 1.15 bits per heavy atom. The van der Waals surface area contributed by atoms with E-state index in [1.807, 2.05) is 0 Å². The second kappa shape index (κ2) is 9.52. The van der Waals surface area contributed by atoms with Gasteiger partial charge in [0.15, 0.2) is 0 Å². The van der Waals surface area contributed by atoms with Crippen molar-refractivity contribution in [2.45, 2.75) is 59.4 Å². The molecular weight excluding hydrogens is 482 g/mol. The molecule has 0 radical (unpaired) electrons. The van der Waals surface area contributed by atoms with Crippen molar-refractivity contribution >= 4 is 11.4 Å². The van der Waals surface area contributed by atoms with E-state index in [9.17, 15) is 0 Å². The summed E-state index contributed by atoms with van der Waals surface area (Å²) in [4.78, 5) is 2.54. The summed E-state index contributed by atoms with van der Waals surface area (Å²) in [6, 6.07) is 40.3. The first-order valence-corrected chi connectivity index (χ1v) is 14.4. The molecule has 0 unspecified atom stereocenters. The fraction of sp³-hybridized carbons (Fsp3) is 0.231. The van der Waals surface area contributed by atoms with Gasteiger partial charge >= 0.3 is 0 Å². The van der Waals surface area contributed by atoms with Crippen LogP contribution in [-0.2, 0) is 5.41 Å². The first-order chi connectivity index (χ1) is 19.1. The minimum Gasteiger partial charge on any atom is -0.335 e. The third kappa shape index (κ3) is 4.25. The summed E-state index contributed by atoms with van der Waals surface area (Å²) in [5, 5.41) is 0. The van der Waals surface area contributed by atoms with Crippen LogP contribution in [0.4, 0.5) is 11.4 Å². The number of rotatable bonds is 4. The van der Waals surface area contributed by atoms with Gasteiger partial charge in [0.1, 0.15) is 0 Å². The van der Waals surface area contributed by atoms with E-state index < -0.39 is 0 Å². The third-order valence-electron chi connectivity index (χ3n) is 8.59. The second-order valence-electron chi connectivity index (χ2n) is 12.8. The van der Waals surface area contributed by atoms with Crippen molar-refractivity contribution in [3.63, 3.8) is 0 Å². The van der Waals surface area contributed by atoms with Gasteiger partial charge in [0.05, 0.1) is 0 Å². The minimum atomic E-state index is -0.143. The van der Waals surface area contributed by atoms with Crippen LogP contribution in [0.15, 0.2) is 109 Å². The van der Waals surface area contributed by atoms with Crippen molar-refractivity contribution in [1.82, 2.24) is 0 Å². The second-order valence-corrected chi connectivity index (χ2v) is 12.8. The smallest absolute Gasteiger partial charge is 0.0495 e. The van der Waals surface area contributed by atoms with Gasteiger partial charge in [-0.15, -0.1) is 0 Å². The number of aryl methyl sites for hydroxylation is 2. The molecule has 0 amide bonds. The van der Waals surface area contributed by atoms with E-state index in [1.54, 1.807) is 0 Å². The molecule has 0 bridgehead atoms. The molecule has 0 N–H and O–H groups in total. The Balaban J connectivity index is 1.55. The predicted molar refractivity (Wildman–Crippen MR) is 173 cm³/mol.